The number of carbonyl (C=O) groups is 2. The van der Waals surface area contributed by atoms with Gasteiger partial charge in [0.25, 0.3) is 5.91 Å². The molecule has 0 unspecified atom stereocenters. The quantitative estimate of drug-likeness (QED) is 0.793. The first-order valence-electron chi connectivity index (χ1n) is 9.41. The average molecular weight is 399 g/mol. The van der Waals surface area contributed by atoms with Crippen LogP contribution in [0, 0.1) is 5.41 Å². The monoisotopic (exact) mass is 399 g/mol. The van der Waals surface area contributed by atoms with Crippen molar-refractivity contribution in [3.63, 3.8) is 0 Å². The summed E-state index contributed by atoms with van der Waals surface area (Å²) in [5.74, 6) is 0.787. The zero-order valence-corrected chi connectivity index (χ0v) is 16.8. The fourth-order valence-corrected chi connectivity index (χ4v) is 3.06. The first-order valence-corrected chi connectivity index (χ1v) is 9.41. The maximum absolute atomic E-state index is 12.6. The highest BCUT2D eigenvalue weighted by Gasteiger charge is 2.24. The number of pyridine rings is 2. The summed E-state index contributed by atoms with van der Waals surface area (Å²) >= 11 is 0. The molecule has 1 aliphatic rings. The van der Waals surface area contributed by atoms with Crippen molar-refractivity contribution in [2.24, 2.45) is 0 Å². The first-order chi connectivity index (χ1) is 14.0. The molecular formula is C20H25N5O4. The van der Waals surface area contributed by atoms with Gasteiger partial charge in [0.2, 0.25) is 5.91 Å². The van der Waals surface area contributed by atoms with Gasteiger partial charge in [-0.1, -0.05) is 6.92 Å². The number of carbonyl (C=O) groups excluding carboxylic acids is 2. The molecule has 0 atom stereocenters. The number of nitrogens with one attached hydrogen (secondary N) is 1. The number of anilines is 2. The van der Waals surface area contributed by atoms with Gasteiger partial charge in [0.1, 0.15) is 12.1 Å². The molecule has 9 nitrogen and oxygen atoms in total. The van der Waals surface area contributed by atoms with Crippen LogP contribution in [0.25, 0.3) is 0 Å². The molecule has 2 aromatic heterocycles. The Labute approximate surface area is 169 Å². The number of hydrogen-bond acceptors (Lipinski definition) is 7. The Morgan fingerprint density at radius 3 is 2.86 bits per heavy atom. The molecule has 0 bridgehead atoms. The van der Waals surface area contributed by atoms with E-state index in [1.165, 1.54) is 10.8 Å². The number of rotatable bonds is 6. The van der Waals surface area contributed by atoms with Crippen LogP contribution in [0.3, 0.4) is 0 Å². The largest absolute Gasteiger partial charge is 0.488 e. The van der Waals surface area contributed by atoms with Crippen molar-refractivity contribution in [3.8, 4) is 5.75 Å². The van der Waals surface area contributed by atoms with Crippen LogP contribution in [0.2, 0.25) is 0 Å². The van der Waals surface area contributed by atoms with E-state index < -0.39 is 0 Å². The van der Waals surface area contributed by atoms with Crippen LogP contribution in [0.5, 0.6) is 5.75 Å². The summed E-state index contributed by atoms with van der Waals surface area (Å²) in [4.78, 5) is 32.4. The van der Waals surface area contributed by atoms with E-state index in [0.29, 0.717) is 49.9 Å². The standard InChI is InChI=1S/C20H25N5O4/c1-4-18(26)25-6-5-15(12-17(25)21)24-8-10-29-16-11-14(13-22-19(16)24)20(27)23(2)7-9-28-3/h5-6,11-13,21H,4,7-10H2,1-3H3. The molecule has 0 radical (unpaired) electrons. The minimum atomic E-state index is -0.162. The van der Waals surface area contributed by atoms with Gasteiger partial charge in [-0.25, -0.2) is 4.98 Å². The molecule has 1 aliphatic heterocycles. The number of fused-ring (bicyclic) bond motifs is 1. The van der Waals surface area contributed by atoms with Crippen molar-refractivity contribution in [1.29, 1.82) is 5.41 Å². The molecule has 3 heterocycles. The van der Waals surface area contributed by atoms with Crippen LogP contribution in [-0.4, -0.2) is 66.7 Å². The zero-order chi connectivity index (χ0) is 21.0. The van der Waals surface area contributed by atoms with Crippen molar-refractivity contribution < 1.29 is 19.1 Å². The Hall–Kier alpha value is -3.20. The molecule has 0 saturated heterocycles. The van der Waals surface area contributed by atoms with E-state index in [1.807, 2.05) is 4.90 Å². The average Bonchev–Trinajstić information content (AvgIpc) is 2.75. The predicted octanol–water partition coefficient (Wildman–Crippen LogP) is 1.66. The smallest absolute Gasteiger partial charge is 0.255 e. The molecule has 1 amide bonds. The number of aromatic nitrogens is 2. The fourth-order valence-electron chi connectivity index (χ4n) is 3.06. The second-order valence-electron chi connectivity index (χ2n) is 6.65. The van der Waals surface area contributed by atoms with Gasteiger partial charge in [-0.15, -0.1) is 0 Å². The number of hydrogen-bond donors (Lipinski definition) is 1. The highest BCUT2D eigenvalue weighted by atomic mass is 16.5. The molecule has 2 aromatic rings. The molecule has 0 aliphatic carbocycles. The van der Waals surface area contributed by atoms with E-state index in [2.05, 4.69) is 4.98 Å². The highest BCUT2D eigenvalue weighted by molar-refractivity contribution is 5.94. The fraction of sp³-hybridized carbons (Fsp3) is 0.400. The summed E-state index contributed by atoms with van der Waals surface area (Å²) in [6.07, 6.45) is 3.45. The molecule has 1 N–H and O–H groups in total. The lowest BCUT2D eigenvalue weighted by Gasteiger charge is -2.30. The second-order valence-corrected chi connectivity index (χ2v) is 6.65. The number of ether oxygens (including phenoxy) is 2. The van der Waals surface area contributed by atoms with Gasteiger partial charge in [-0.2, -0.15) is 0 Å². The number of nitrogens with zero attached hydrogens (tertiary/aromatic N) is 4. The molecule has 0 saturated carbocycles. The van der Waals surface area contributed by atoms with Gasteiger partial charge >= 0.3 is 0 Å². The summed E-state index contributed by atoms with van der Waals surface area (Å²) in [5.41, 5.74) is 1.28. The second kappa shape index (κ2) is 8.87. The normalized spacial score (nSPS) is 12.9. The summed E-state index contributed by atoms with van der Waals surface area (Å²) < 4.78 is 12.1. The van der Waals surface area contributed by atoms with Gasteiger partial charge in [0.05, 0.1) is 18.7 Å². The molecule has 3 rings (SSSR count). The summed E-state index contributed by atoms with van der Waals surface area (Å²) in [6, 6.07) is 5.09. The lowest BCUT2D eigenvalue weighted by Crippen LogP contribution is -2.33. The third kappa shape index (κ3) is 4.29. The maximum atomic E-state index is 12.6. The van der Waals surface area contributed by atoms with E-state index in [1.54, 1.807) is 50.4 Å². The third-order valence-corrected chi connectivity index (χ3v) is 4.71. The van der Waals surface area contributed by atoms with Crippen molar-refractivity contribution in [2.75, 3.05) is 45.4 Å². The van der Waals surface area contributed by atoms with E-state index >= 15 is 0 Å². The highest BCUT2D eigenvalue weighted by Crippen LogP contribution is 2.34. The lowest BCUT2D eigenvalue weighted by molar-refractivity contribution is 0.0743. The van der Waals surface area contributed by atoms with Gasteiger partial charge in [0, 0.05) is 51.3 Å². The number of likely N-dealkylation sites (N-methyl/N-ethyl adjacent to an activating group) is 1. The Bertz CT molecular complexity index is 972. The van der Waals surface area contributed by atoms with Crippen LogP contribution in [-0.2, 0) is 4.74 Å². The van der Waals surface area contributed by atoms with Gasteiger partial charge in [-0.05, 0) is 12.1 Å². The molecule has 154 valence electrons. The van der Waals surface area contributed by atoms with Crippen molar-refractivity contribution in [1.82, 2.24) is 14.5 Å². The van der Waals surface area contributed by atoms with Crippen LogP contribution in [0.4, 0.5) is 11.5 Å². The SMILES string of the molecule is CCC(=O)n1ccc(N2CCOc3cc(C(=O)N(C)CCOC)cnc32)cc1=N. The first kappa shape index (κ1) is 20.5. The Balaban J connectivity index is 1.88. The van der Waals surface area contributed by atoms with Gasteiger partial charge in [-0.3, -0.25) is 19.6 Å². The molecular weight excluding hydrogens is 374 g/mol. The Morgan fingerprint density at radius 1 is 1.38 bits per heavy atom. The third-order valence-electron chi connectivity index (χ3n) is 4.71. The van der Waals surface area contributed by atoms with E-state index in [4.69, 9.17) is 14.9 Å². The molecule has 0 aromatic carbocycles. The molecule has 0 spiro atoms. The van der Waals surface area contributed by atoms with Crippen LogP contribution < -0.4 is 15.1 Å². The van der Waals surface area contributed by atoms with Crippen LogP contribution in [0.1, 0.15) is 28.5 Å². The summed E-state index contributed by atoms with van der Waals surface area (Å²) in [6.45, 7) is 3.66. The molecule has 29 heavy (non-hydrogen) atoms. The van der Waals surface area contributed by atoms with Crippen LogP contribution in [0.15, 0.2) is 30.6 Å². The Morgan fingerprint density at radius 2 is 2.17 bits per heavy atom. The number of methoxy groups -OCH3 is 1. The maximum Gasteiger partial charge on any atom is 0.255 e. The topological polar surface area (TPSA) is 101 Å². The summed E-state index contributed by atoms with van der Waals surface area (Å²) in [5, 5.41) is 8.14. The minimum absolute atomic E-state index is 0.106. The van der Waals surface area contributed by atoms with E-state index in [9.17, 15) is 9.59 Å². The van der Waals surface area contributed by atoms with Gasteiger partial charge < -0.3 is 19.3 Å². The van der Waals surface area contributed by atoms with E-state index in [0.717, 1.165) is 5.69 Å². The predicted molar refractivity (Wildman–Crippen MR) is 107 cm³/mol. The number of amides is 1. The van der Waals surface area contributed by atoms with Gasteiger partial charge in [0.15, 0.2) is 11.6 Å². The van der Waals surface area contributed by atoms with E-state index in [-0.39, 0.29) is 17.3 Å². The zero-order valence-electron chi connectivity index (χ0n) is 16.8. The molecule has 0 fully saturated rings. The lowest BCUT2D eigenvalue weighted by atomic mass is 10.2. The van der Waals surface area contributed by atoms with Crippen molar-refractivity contribution in [3.05, 3.63) is 41.6 Å². The Kier molecular flexibility index (Phi) is 6.28. The molecule has 9 heteroatoms. The van der Waals surface area contributed by atoms with Crippen LogP contribution >= 0.6 is 0 Å². The van der Waals surface area contributed by atoms with Crippen molar-refractivity contribution >= 4 is 23.3 Å². The van der Waals surface area contributed by atoms with Crippen molar-refractivity contribution in [2.45, 2.75) is 13.3 Å². The summed E-state index contributed by atoms with van der Waals surface area (Å²) in [7, 11) is 3.30. The minimum Gasteiger partial charge on any atom is -0.488 e.